The maximum Gasteiger partial charge on any atom is 0.343 e. The van der Waals surface area contributed by atoms with Gasteiger partial charge in [0, 0.05) is 17.8 Å². The number of carbonyl (C=O) groups excluding carboxylic acids is 1. The van der Waals surface area contributed by atoms with Crippen molar-refractivity contribution in [3.63, 3.8) is 0 Å². The van der Waals surface area contributed by atoms with E-state index in [4.69, 9.17) is 10.5 Å². The Labute approximate surface area is 126 Å². The van der Waals surface area contributed by atoms with Gasteiger partial charge in [-0.25, -0.2) is 9.78 Å². The normalized spacial score (nSPS) is 10.6. The summed E-state index contributed by atoms with van der Waals surface area (Å²) < 4.78 is 11.2. The summed E-state index contributed by atoms with van der Waals surface area (Å²) in [6, 6.07) is 9.25. The SMILES string of the molecule is COC(=O)c1cnc2cc(-c3ccc(OC)cc3)nn2c1N. The molecule has 112 valence electrons. The second kappa shape index (κ2) is 5.36. The molecule has 22 heavy (non-hydrogen) atoms. The Bertz CT molecular complexity index is 840. The van der Waals surface area contributed by atoms with Gasteiger partial charge in [0.25, 0.3) is 0 Å². The monoisotopic (exact) mass is 298 g/mol. The molecule has 0 unspecified atom stereocenters. The first kappa shape index (κ1) is 13.9. The molecule has 7 nitrogen and oxygen atoms in total. The molecular formula is C15H14N4O3. The number of nitrogen functional groups attached to an aromatic ring is 1. The van der Waals surface area contributed by atoms with Crippen LogP contribution < -0.4 is 10.5 Å². The third kappa shape index (κ3) is 2.22. The van der Waals surface area contributed by atoms with Crippen LogP contribution in [0.5, 0.6) is 5.75 Å². The summed E-state index contributed by atoms with van der Waals surface area (Å²) in [5, 5.41) is 4.40. The van der Waals surface area contributed by atoms with Gasteiger partial charge in [-0.1, -0.05) is 0 Å². The Morgan fingerprint density at radius 3 is 2.59 bits per heavy atom. The third-order valence-electron chi connectivity index (χ3n) is 3.31. The fourth-order valence-corrected chi connectivity index (χ4v) is 2.12. The number of fused-ring (bicyclic) bond motifs is 1. The lowest BCUT2D eigenvalue weighted by Crippen LogP contribution is -2.11. The number of benzene rings is 1. The van der Waals surface area contributed by atoms with Crippen LogP contribution in [0.3, 0.4) is 0 Å². The Morgan fingerprint density at radius 1 is 1.23 bits per heavy atom. The van der Waals surface area contributed by atoms with Crippen LogP contribution >= 0.6 is 0 Å². The van der Waals surface area contributed by atoms with Gasteiger partial charge in [0.15, 0.2) is 5.65 Å². The average Bonchev–Trinajstić information content (AvgIpc) is 3.00. The smallest absolute Gasteiger partial charge is 0.343 e. The van der Waals surface area contributed by atoms with E-state index in [0.29, 0.717) is 11.3 Å². The van der Waals surface area contributed by atoms with E-state index in [-0.39, 0.29) is 11.4 Å². The minimum Gasteiger partial charge on any atom is -0.497 e. The molecule has 0 fully saturated rings. The zero-order valence-electron chi connectivity index (χ0n) is 12.1. The van der Waals surface area contributed by atoms with Crippen molar-refractivity contribution in [2.24, 2.45) is 0 Å². The van der Waals surface area contributed by atoms with Crippen LogP contribution in [0, 0.1) is 0 Å². The summed E-state index contributed by atoms with van der Waals surface area (Å²) in [6.45, 7) is 0. The minimum atomic E-state index is -0.548. The van der Waals surface area contributed by atoms with Gasteiger partial charge in [0.05, 0.1) is 19.9 Å². The zero-order chi connectivity index (χ0) is 15.7. The highest BCUT2D eigenvalue weighted by Crippen LogP contribution is 2.23. The first-order valence-electron chi connectivity index (χ1n) is 6.51. The Kier molecular flexibility index (Phi) is 3.38. The molecule has 0 saturated heterocycles. The van der Waals surface area contributed by atoms with Crippen molar-refractivity contribution in [2.75, 3.05) is 20.0 Å². The number of anilines is 1. The van der Waals surface area contributed by atoms with Crippen molar-refractivity contribution in [2.45, 2.75) is 0 Å². The molecule has 0 saturated carbocycles. The summed E-state index contributed by atoms with van der Waals surface area (Å²) in [4.78, 5) is 15.8. The molecule has 0 atom stereocenters. The molecule has 2 aromatic heterocycles. The molecule has 0 aliphatic rings. The third-order valence-corrected chi connectivity index (χ3v) is 3.31. The summed E-state index contributed by atoms with van der Waals surface area (Å²) in [5.74, 6) is 0.406. The van der Waals surface area contributed by atoms with E-state index in [0.717, 1.165) is 11.3 Å². The molecule has 7 heteroatoms. The van der Waals surface area contributed by atoms with Gasteiger partial charge in [-0.2, -0.15) is 9.61 Å². The van der Waals surface area contributed by atoms with Crippen LogP contribution in [0.4, 0.5) is 5.82 Å². The number of methoxy groups -OCH3 is 2. The molecule has 0 amide bonds. The maximum absolute atomic E-state index is 11.6. The fourth-order valence-electron chi connectivity index (χ4n) is 2.12. The molecule has 3 rings (SSSR count). The molecule has 0 bridgehead atoms. The van der Waals surface area contributed by atoms with Gasteiger partial charge in [0.2, 0.25) is 0 Å². The summed E-state index contributed by atoms with van der Waals surface area (Å²) in [5.41, 5.74) is 8.30. The van der Waals surface area contributed by atoms with E-state index in [1.54, 1.807) is 13.2 Å². The number of carbonyl (C=O) groups is 1. The van der Waals surface area contributed by atoms with Crippen LogP contribution in [-0.4, -0.2) is 34.8 Å². The van der Waals surface area contributed by atoms with Crippen molar-refractivity contribution in [3.05, 3.63) is 42.1 Å². The molecule has 2 N–H and O–H groups in total. The molecule has 3 aromatic rings. The lowest BCUT2D eigenvalue weighted by Gasteiger charge is -2.04. The van der Waals surface area contributed by atoms with E-state index >= 15 is 0 Å². The predicted molar refractivity (Wildman–Crippen MR) is 80.7 cm³/mol. The zero-order valence-corrected chi connectivity index (χ0v) is 12.1. The van der Waals surface area contributed by atoms with Gasteiger partial charge in [-0.3, -0.25) is 0 Å². The largest absolute Gasteiger partial charge is 0.497 e. The number of ether oxygens (including phenoxy) is 2. The molecule has 0 spiro atoms. The number of nitrogens with zero attached hydrogens (tertiary/aromatic N) is 3. The van der Waals surface area contributed by atoms with Crippen molar-refractivity contribution in [1.82, 2.24) is 14.6 Å². The number of hydrogen-bond acceptors (Lipinski definition) is 6. The van der Waals surface area contributed by atoms with Crippen LogP contribution in [0.25, 0.3) is 16.9 Å². The van der Waals surface area contributed by atoms with Gasteiger partial charge >= 0.3 is 5.97 Å². The Balaban J connectivity index is 2.09. The maximum atomic E-state index is 11.6. The van der Waals surface area contributed by atoms with E-state index in [1.807, 2.05) is 24.3 Å². The van der Waals surface area contributed by atoms with Crippen LogP contribution in [0.1, 0.15) is 10.4 Å². The van der Waals surface area contributed by atoms with Crippen molar-refractivity contribution in [1.29, 1.82) is 0 Å². The molecule has 2 heterocycles. The lowest BCUT2D eigenvalue weighted by molar-refractivity contribution is 0.0601. The van der Waals surface area contributed by atoms with Crippen LogP contribution in [0.2, 0.25) is 0 Å². The predicted octanol–water partition coefficient (Wildman–Crippen LogP) is 1.77. The van der Waals surface area contributed by atoms with Crippen molar-refractivity contribution in [3.8, 4) is 17.0 Å². The number of aromatic nitrogens is 3. The lowest BCUT2D eigenvalue weighted by atomic mass is 10.1. The number of esters is 1. The van der Waals surface area contributed by atoms with Crippen molar-refractivity contribution >= 4 is 17.4 Å². The second-order valence-electron chi connectivity index (χ2n) is 4.58. The molecule has 0 aliphatic carbocycles. The van der Waals surface area contributed by atoms with Gasteiger partial charge in [0.1, 0.15) is 17.1 Å². The molecule has 0 aliphatic heterocycles. The van der Waals surface area contributed by atoms with Gasteiger partial charge < -0.3 is 15.2 Å². The van der Waals surface area contributed by atoms with E-state index in [2.05, 4.69) is 14.8 Å². The van der Waals surface area contributed by atoms with Crippen LogP contribution in [-0.2, 0) is 4.74 Å². The average molecular weight is 298 g/mol. The summed E-state index contributed by atoms with van der Waals surface area (Å²) >= 11 is 0. The number of rotatable bonds is 3. The van der Waals surface area contributed by atoms with E-state index in [1.165, 1.54) is 17.8 Å². The summed E-state index contributed by atoms with van der Waals surface area (Å²) in [7, 11) is 2.90. The van der Waals surface area contributed by atoms with Gasteiger partial charge in [-0.15, -0.1) is 0 Å². The molecular weight excluding hydrogens is 284 g/mol. The molecule has 1 aromatic carbocycles. The Morgan fingerprint density at radius 2 is 1.95 bits per heavy atom. The van der Waals surface area contributed by atoms with Crippen molar-refractivity contribution < 1.29 is 14.3 Å². The second-order valence-corrected chi connectivity index (χ2v) is 4.58. The standard InChI is InChI=1S/C15H14N4O3/c1-21-10-5-3-9(4-6-10)12-7-13-17-8-11(15(20)22-2)14(16)19(13)18-12/h3-8H,16H2,1-2H3. The highest BCUT2D eigenvalue weighted by molar-refractivity contribution is 5.94. The topological polar surface area (TPSA) is 91.7 Å². The minimum absolute atomic E-state index is 0.180. The number of nitrogens with two attached hydrogens (primary N) is 1. The van der Waals surface area contributed by atoms with E-state index < -0.39 is 5.97 Å². The first-order chi connectivity index (χ1) is 10.6. The molecule has 0 radical (unpaired) electrons. The fraction of sp³-hybridized carbons (Fsp3) is 0.133. The first-order valence-corrected chi connectivity index (χ1v) is 6.51. The summed E-state index contributed by atoms with van der Waals surface area (Å²) in [6.07, 6.45) is 1.38. The number of hydrogen-bond donors (Lipinski definition) is 1. The highest BCUT2D eigenvalue weighted by atomic mass is 16.5. The van der Waals surface area contributed by atoms with Crippen LogP contribution in [0.15, 0.2) is 36.5 Å². The Hall–Kier alpha value is -3.09. The van der Waals surface area contributed by atoms with Gasteiger partial charge in [-0.05, 0) is 24.3 Å². The van der Waals surface area contributed by atoms with E-state index in [9.17, 15) is 4.79 Å². The quantitative estimate of drug-likeness (QED) is 0.741. The highest BCUT2D eigenvalue weighted by Gasteiger charge is 2.16.